The van der Waals surface area contributed by atoms with Crippen LogP contribution < -0.4 is 10.9 Å². The third-order valence-corrected chi connectivity index (χ3v) is 9.02. The Morgan fingerprint density at radius 3 is 2.92 bits per heavy atom. The number of aryl methyl sites for hydroxylation is 1. The highest BCUT2D eigenvalue weighted by atomic mass is 33.1. The number of fused-ring (bicyclic) bond motifs is 1. The molecule has 0 aromatic carbocycles. The average molecular weight is 399 g/mol. The van der Waals surface area contributed by atoms with Gasteiger partial charge in [0.2, 0.25) is 5.91 Å². The van der Waals surface area contributed by atoms with E-state index in [1.165, 1.54) is 35.5 Å². The van der Waals surface area contributed by atoms with E-state index in [2.05, 4.69) is 17.8 Å². The number of amides is 2. The Balaban J connectivity index is 1.35. The molecule has 2 unspecified atom stereocenters. The number of hydrazine groups is 1. The molecule has 1 fully saturated rings. The van der Waals surface area contributed by atoms with E-state index in [0.29, 0.717) is 17.2 Å². The molecule has 2 amide bonds. The van der Waals surface area contributed by atoms with Crippen molar-refractivity contribution in [2.75, 3.05) is 5.75 Å². The van der Waals surface area contributed by atoms with Crippen LogP contribution in [0.25, 0.3) is 0 Å². The molecular weight excluding hydrogens is 372 g/mol. The minimum Gasteiger partial charge on any atom is -0.273 e. The third kappa shape index (κ3) is 5.66. The van der Waals surface area contributed by atoms with Crippen LogP contribution in [0.4, 0.5) is 0 Å². The molecule has 0 bridgehead atoms. The number of rotatable bonds is 6. The molecule has 0 spiro atoms. The van der Waals surface area contributed by atoms with Gasteiger partial charge in [-0.25, -0.2) is 0 Å². The standard InChI is InChI=1S/C18H26N2O2S3/c1-12-6-7-15-13(10-12)11-16(24-15)18(22)20-19-17(21)5-3-2-4-14-8-9-23-25-14/h11-12,14H,2-10H2,1H3,(H,19,21)(H,20,22). The van der Waals surface area contributed by atoms with Crippen LogP contribution in [0.15, 0.2) is 6.07 Å². The summed E-state index contributed by atoms with van der Waals surface area (Å²) >= 11 is 1.57. The molecule has 1 aromatic rings. The maximum Gasteiger partial charge on any atom is 0.279 e. The van der Waals surface area contributed by atoms with Crippen LogP contribution in [0, 0.1) is 5.92 Å². The smallest absolute Gasteiger partial charge is 0.273 e. The maximum atomic E-state index is 12.2. The zero-order chi connectivity index (χ0) is 17.6. The van der Waals surface area contributed by atoms with Crippen LogP contribution in [-0.4, -0.2) is 22.8 Å². The Hall–Kier alpha value is -0.660. The molecule has 0 saturated carbocycles. The molecule has 25 heavy (non-hydrogen) atoms. The molecule has 1 saturated heterocycles. The van der Waals surface area contributed by atoms with Crippen molar-refractivity contribution < 1.29 is 9.59 Å². The lowest BCUT2D eigenvalue weighted by atomic mass is 9.90. The van der Waals surface area contributed by atoms with Gasteiger partial charge in [0.15, 0.2) is 0 Å². The van der Waals surface area contributed by atoms with Crippen molar-refractivity contribution in [1.82, 2.24) is 10.9 Å². The lowest BCUT2D eigenvalue weighted by molar-refractivity contribution is -0.121. The Morgan fingerprint density at radius 1 is 1.24 bits per heavy atom. The van der Waals surface area contributed by atoms with Gasteiger partial charge >= 0.3 is 0 Å². The lowest BCUT2D eigenvalue weighted by Crippen LogP contribution is -2.41. The molecular formula is C18H26N2O2S3. The second-order valence-electron chi connectivity index (χ2n) is 6.98. The fourth-order valence-corrected chi connectivity index (χ4v) is 7.42. The molecule has 1 aliphatic heterocycles. The molecule has 2 heterocycles. The largest absolute Gasteiger partial charge is 0.279 e. The van der Waals surface area contributed by atoms with Gasteiger partial charge in [0.05, 0.1) is 4.88 Å². The molecule has 2 N–H and O–H groups in total. The summed E-state index contributed by atoms with van der Waals surface area (Å²) in [6.07, 6.45) is 8.25. The van der Waals surface area contributed by atoms with Crippen molar-refractivity contribution in [3.63, 3.8) is 0 Å². The number of hydrogen-bond acceptors (Lipinski definition) is 5. The highest BCUT2D eigenvalue weighted by molar-refractivity contribution is 8.77. The zero-order valence-electron chi connectivity index (χ0n) is 14.6. The van der Waals surface area contributed by atoms with Gasteiger partial charge in [-0.15, -0.1) is 11.3 Å². The molecule has 1 aromatic heterocycles. The first kappa shape index (κ1) is 19.1. The van der Waals surface area contributed by atoms with Crippen LogP contribution in [-0.2, 0) is 17.6 Å². The summed E-state index contributed by atoms with van der Waals surface area (Å²) in [5, 5.41) is 0.764. The molecule has 2 aliphatic rings. The van der Waals surface area contributed by atoms with Gasteiger partial charge in [-0.3, -0.25) is 20.4 Å². The highest BCUT2D eigenvalue weighted by Crippen LogP contribution is 2.39. The number of thiophene rings is 1. The average Bonchev–Trinajstić information content (AvgIpc) is 3.25. The van der Waals surface area contributed by atoms with E-state index in [4.69, 9.17) is 0 Å². The summed E-state index contributed by atoms with van der Waals surface area (Å²) < 4.78 is 0. The third-order valence-electron chi connectivity index (χ3n) is 4.78. The normalized spacial score (nSPS) is 22.4. The topological polar surface area (TPSA) is 58.2 Å². The minimum absolute atomic E-state index is 0.100. The van der Waals surface area contributed by atoms with E-state index in [9.17, 15) is 9.59 Å². The van der Waals surface area contributed by atoms with Gasteiger partial charge in [-0.05, 0) is 56.1 Å². The van der Waals surface area contributed by atoms with Crippen molar-refractivity contribution in [3.05, 3.63) is 21.4 Å². The molecule has 138 valence electrons. The Labute approximate surface area is 161 Å². The molecule has 1 aliphatic carbocycles. The lowest BCUT2D eigenvalue weighted by Gasteiger charge is -2.16. The number of unbranched alkanes of at least 4 members (excludes halogenated alkanes) is 1. The number of nitrogens with one attached hydrogen (secondary N) is 2. The zero-order valence-corrected chi connectivity index (χ0v) is 17.1. The Kier molecular flexibility index (Phi) is 7.13. The Morgan fingerprint density at radius 2 is 2.12 bits per heavy atom. The van der Waals surface area contributed by atoms with Crippen LogP contribution in [0.1, 0.15) is 65.6 Å². The second-order valence-corrected chi connectivity index (χ2v) is 10.9. The molecule has 7 heteroatoms. The van der Waals surface area contributed by atoms with Crippen molar-refractivity contribution in [3.8, 4) is 0 Å². The number of hydrogen-bond donors (Lipinski definition) is 2. The minimum atomic E-state index is -0.195. The summed E-state index contributed by atoms with van der Waals surface area (Å²) in [4.78, 5) is 26.1. The summed E-state index contributed by atoms with van der Waals surface area (Å²) in [6.45, 7) is 2.25. The fraction of sp³-hybridized carbons (Fsp3) is 0.667. The molecule has 0 radical (unpaired) electrons. The van der Waals surface area contributed by atoms with E-state index in [-0.39, 0.29) is 11.8 Å². The van der Waals surface area contributed by atoms with Crippen LogP contribution >= 0.6 is 32.9 Å². The molecule has 3 rings (SSSR count). The van der Waals surface area contributed by atoms with Crippen molar-refractivity contribution >= 4 is 44.7 Å². The van der Waals surface area contributed by atoms with Crippen molar-refractivity contribution in [2.45, 2.75) is 63.5 Å². The van der Waals surface area contributed by atoms with Gasteiger partial charge in [0.1, 0.15) is 0 Å². The van der Waals surface area contributed by atoms with Crippen LogP contribution in [0.2, 0.25) is 0 Å². The molecule has 4 nitrogen and oxygen atoms in total. The van der Waals surface area contributed by atoms with Crippen molar-refractivity contribution in [2.24, 2.45) is 5.92 Å². The predicted octanol–water partition coefficient (Wildman–Crippen LogP) is 4.35. The summed E-state index contributed by atoms with van der Waals surface area (Å²) in [6, 6.07) is 1.99. The first-order valence-corrected chi connectivity index (χ1v) is 12.3. The number of carbonyl (C=O) groups is 2. The monoisotopic (exact) mass is 398 g/mol. The summed E-state index contributed by atoms with van der Waals surface area (Å²) in [7, 11) is 3.94. The van der Waals surface area contributed by atoms with Gasteiger partial charge in [0.25, 0.3) is 5.91 Å². The van der Waals surface area contributed by atoms with E-state index < -0.39 is 0 Å². The van der Waals surface area contributed by atoms with Gasteiger partial charge in [0, 0.05) is 22.3 Å². The summed E-state index contributed by atoms with van der Waals surface area (Å²) in [5.41, 5.74) is 6.43. The fourth-order valence-electron chi connectivity index (χ4n) is 3.29. The van der Waals surface area contributed by atoms with E-state index in [0.717, 1.165) is 30.9 Å². The van der Waals surface area contributed by atoms with Crippen LogP contribution in [0.5, 0.6) is 0 Å². The highest BCUT2D eigenvalue weighted by Gasteiger charge is 2.21. The predicted molar refractivity (Wildman–Crippen MR) is 108 cm³/mol. The van der Waals surface area contributed by atoms with Gasteiger partial charge < -0.3 is 0 Å². The first-order valence-electron chi connectivity index (χ1n) is 9.11. The SMILES string of the molecule is CC1CCc2sc(C(=O)NNC(=O)CCCCC3CCSS3)cc2C1. The van der Waals surface area contributed by atoms with E-state index >= 15 is 0 Å². The quantitative estimate of drug-likeness (QED) is 0.425. The van der Waals surface area contributed by atoms with Gasteiger partial charge in [-0.2, -0.15) is 0 Å². The van der Waals surface area contributed by atoms with Gasteiger partial charge in [-0.1, -0.05) is 34.9 Å². The number of carbonyl (C=O) groups excluding carboxylic acids is 2. The maximum absolute atomic E-state index is 12.2. The van der Waals surface area contributed by atoms with Crippen LogP contribution in [0.3, 0.4) is 0 Å². The molecule has 2 atom stereocenters. The van der Waals surface area contributed by atoms with Crippen molar-refractivity contribution in [1.29, 1.82) is 0 Å². The first-order chi connectivity index (χ1) is 12.1. The van der Waals surface area contributed by atoms with E-state index in [1.54, 1.807) is 11.3 Å². The second kappa shape index (κ2) is 9.33. The van der Waals surface area contributed by atoms with E-state index in [1.807, 2.05) is 27.7 Å². The Bertz CT molecular complexity index is 611. The summed E-state index contributed by atoms with van der Waals surface area (Å²) in [5.74, 6) is 1.66.